The van der Waals surface area contributed by atoms with Gasteiger partial charge in [-0.2, -0.15) is 4.31 Å². The molecule has 0 saturated carbocycles. The number of carbonyl (C=O) groups excluding carboxylic acids is 1. The zero-order valence-corrected chi connectivity index (χ0v) is 18.2. The van der Waals surface area contributed by atoms with Crippen molar-refractivity contribution in [3.63, 3.8) is 0 Å². The minimum Gasteiger partial charge on any atom is -0.379 e. The number of morpholine rings is 1. The zero-order chi connectivity index (χ0) is 20.9. The molecule has 9 heteroatoms. The maximum Gasteiger partial charge on any atom is 0.246 e. The molecule has 2 fully saturated rings. The van der Waals surface area contributed by atoms with E-state index in [1.807, 2.05) is 4.90 Å². The van der Waals surface area contributed by atoms with Gasteiger partial charge < -0.3 is 15.0 Å². The minimum atomic E-state index is -3.62. The van der Waals surface area contributed by atoms with Crippen LogP contribution in [0.1, 0.15) is 33.1 Å². The van der Waals surface area contributed by atoms with Gasteiger partial charge in [-0.05, 0) is 37.3 Å². The van der Waals surface area contributed by atoms with E-state index in [9.17, 15) is 13.2 Å². The maximum absolute atomic E-state index is 13.1. The van der Waals surface area contributed by atoms with Gasteiger partial charge in [-0.25, -0.2) is 13.4 Å². The molecule has 0 spiro atoms. The molecular formula is C20H32N4O4S. The standard InChI is InChI=1S/C20H32N4O4S/c1-16(2)5-9-22-20(25)17-6-10-23(11-7-17)19-18(4-3-8-21-19)29(26,27)24-12-14-28-15-13-24/h3-4,8,16-17H,5-7,9-15H2,1-2H3,(H,22,25). The topological polar surface area (TPSA) is 91.8 Å². The SMILES string of the molecule is CC(C)CCNC(=O)C1CCN(c2ncccc2S(=O)(=O)N2CCOCC2)CC1. The molecule has 0 aromatic carbocycles. The van der Waals surface area contributed by atoms with Gasteiger partial charge in [0, 0.05) is 44.8 Å². The van der Waals surface area contributed by atoms with Crippen molar-refractivity contribution in [2.75, 3.05) is 50.8 Å². The highest BCUT2D eigenvalue weighted by atomic mass is 32.2. The Morgan fingerprint density at radius 3 is 2.59 bits per heavy atom. The lowest BCUT2D eigenvalue weighted by Crippen LogP contribution is -2.43. The maximum atomic E-state index is 13.1. The first-order chi connectivity index (χ1) is 13.9. The second-order valence-corrected chi connectivity index (χ2v) is 9.98. The van der Waals surface area contributed by atoms with Gasteiger partial charge in [0.1, 0.15) is 10.7 Å². The third kappa shape index (κ3) is 5.46. The fraction of sp³-hybridized carbons (Fsp3) is 0.700. The van der Waals surface area contributed by atoms with Crippen molar-refractivity contribution in [1.82, 2.24) is 14.6 Å². The summed E-state index contributed by atoms with van der Waals surface area (Å²) in [6.45, 7) is 7.75. The third-order valence-electron chi connectivity index (χ3n) is 5.52. The molecule has 0 radical (unpaired) electrons. The number of amides is 1. The molecule has 8 nitrogen and oxygen atoms in total. The van der Waals surface area contributed by atoms with E-state index in [4.69, 9.17) is 4.74 Å². The van der Waals surface area contributed by atoms with Crippen LogP contribution < -0.4 is 10.2 Å². The van der Waals surface area contributed by atoms with E-state index < -0.39 is 10.0 Å². The van der Waals surface area contributed by atoms with E-state index in [1.54, 1.807) is 18.3 Å². The molecule has 0 atom stereocenters. The van der Waals surface area contributed by atoms with Gasteiger partial charge in [0.05, 0.1) is 13.2 Å². The molecule has 1 aromatic rings. The molecule has 1 aromatic heterocycles. The van der Waals surface area contributed by atoms with Gasteiger partial charge in [0.15, 0.2) is 0 Å². The van der Waals surface area contributed by atoms with Crippen molar-refractivity contribution in [3.8, 4) is 0 Å². The fourth-order valence-electron chi connectivity index (χ4n) is 3.73. The van der Waals surface area contributed by atoms with Crippen LogP contribution in [0.5, 0.6) is 0 Å². The molecule has 29 heavy (non-hydrogen) atoms. The Balaban J connectivity index is 1.65. The van der Waals surface area contributed by atoms with E-state index in [2.05, 4.69) is 24.1 Å². The number of nitrogens with one attached hydrogen (secondary N) is 1. The van der Waals surface area contributed by atoms with E-state index in [-0.39, 0.29) is 16.7 Å². The van der Waals surface area contributed by atoms with Crippen LogP contribution in [0.4, 0.5) is 5.82 Å². The summed E-state index contributed by atoms with van der Waals surface area (Å²) in [4.78, 5) is 19.0. The number of ether oxygens (including phenoxy) is 1. The van der Waals surface area contributed by atoms with Gasteiger partial charge in [-0.1, -0.05) is 13.8 Å². The highest BCUT2D eigenvalue weighted by Crippen LogP contribution is 2.29. The van der Waals surface area contributed by atoms with Crippen LogP contribution in [0.25, 0.3) is 0 Å². The highest BCUT2D eigenvalue weighted by molar-refractivity contribution is 7.89. The van der Waals surface area contributed by atoms with Gasteiger partial charge >= 0.3 is 0 Å². The fourth-order valence-corrected chi connectivity index (χ4v) is 5.30. The molecule has 2 saturated heterocycles. The van der Waals surface area contributed by atoms with Gasteiger partial charge in [0.25, 0.3) is 0 Å². The number of rotatable bonds is 7. The summed E-state index contributed by atoms with van der Waals surface area (Å²) in [5.74, 6) is 1.12. The van der Waals surface area contributed by atoms with Crippen LogP contribution in [-0.4, -0.2) is 69.6 Å². The quantitative estimate of drug-likeness (QED) is 0.713. The normalized spacial score (nSPS) is 19.5. The van der Waals surface area contributed by atoms with Crippen molar-refractivity contribution in [2.45, 2.75) is 38.0 Å². The van der Waals surface area contributed by atoms with Crippen LogP contribution in [0, 0.1) is 11.8 Å². The first-order valence-electron chi connectivity index (χ1n) is 10.4. The smallest absolute Gasteiger partial charge is 0.246 e. The lowest BCUT2D eigenvalue weighted by Gasteiger charge is -2.34. The lowest BCUT2D eigenvalue weighted by atomic mass is 9.95. The Morgan fingerprint density at radius 1 is 1.24 bits per heavy atom. The number of pyridine rings is 1. The summed E-state index contributed by atoms with van der Waals surface area (Å²) in [7, 11) is -3.62. The lowest BCUT2D eigenvalue weighted by molar-refractivity contribution is -0.125. The second-order valence-electron chi connectivity index (χ2n) is 8.08. The number of anilines is 1. The molecule has 0 bridgehead atoms. The number of piperidine rings is 1. The van der Waals surface area contributed by atoms with Crippen molar-refractivity contribution in [1.29, 1.82) is 0 Å². The van der Waals surface area contributed by atoms with Gasteiger partial charge in [0.2, 0.25) is 15.9 Å². The Hall–Kier alpha value is -1.71. The summed E-state index contributed by atoms with van der Waals surface area (Å²) in [5, 5.41) is 3.03. The predicted molar refractivity (Wildman–Crippen MR) is 111 cm³/mol. The molecule has 3 rings (SSSR count). The van der Waals surface area contributed by atoms with Crippen LogP contribution >= 0.6 is 0 Å². The molecular weight excluding hydrogens is 392 g/mol. The number of hydrogen-bond acceptors (Lipinski definition) is 6. The first kappa shape index (κ1) is 22.0. The van der Waals surface area contributed by atoms with Crippen molar-refractivity contribution in [3.05, 3.63) is 18.3 Å². The van der Waals surface area contributed by atoms with Crippen LogP contribution in [0.15, 0.2) is 23.2 Å². The molecule has 1 amide bonds. The zero-order valence-electron chi connectivity index (χ0n) is 17.3. The average Bonchev–Trinajstić information content (AvgIpc) is 2.74. The van der Waals surface area contributed by atoms with Gasteiger partial charge in [-0.15, -0.1) is 0 Å². The summed E-state index contributed by atoms with van der Waals surface area (Å²) in [6, 6.07) is 3.28. The average molecular weight is 425 g/mol. The van der Waals surface area contributed by atoms with Crippen LogP contribution in [0.2, 0.25) is 0 Å². The highest BCUT2D eigenvalue weighted by Gasteiger charge is 2.32. The second kappa shape index (κ2) is 9.86. The molecule has 0 unspecified atom stereocenters. The summed E-state index contributed by atoms with van der Waals surface area (Å²) < 4.78 is 33.0. The molecule has 162 valence electrons. The first-order valence-corrected chi connectivity index (χ1v) is 11.9. The summed E-state index contributed by atoms with van der Waals surface area (Å²) in [6.07, 6.45) is 3.99. The Labute approximate surface area is 173 Å². The number of hydrogen-bond donors (Lipinski definition) is 1. The molecule has 1 N–H and O–H groups in total. The monoisotopic (exact) mass is 424 g/mol. The van der Waals surface area contributed by atoms with E-state index in [1.165, 1.54) is 4.31 Å². The van der Waals surface area contributed by atoms with Crippen LogP contribution in [-0.2, 0) is 19.6 Å². The predicted octanol–water partition coefficient (Wildman–Crippen LogP) is 1.48. The summed E-state index contributed by atoms with van der Waals surface area (Å²) in [5.41, 5.74) is 0. The number of nitrogens with zero attached hydrogens (tertiary/aromatic N) is 3. The van der Waals surface area contributed by atoms with Crippen molar-refractivity contribution in [2.24, 2.45) is 11.8 Å². The third-order valence-corrected chi connectivity index (χ3v) is 7.44. The Kier molecular flexibility index (Phi) is 7.48. The summed E-state index contributed by atoms with van der Waals surface area (Å²) >= 11 is 0. The van der Waals surface area contributed by atoms with Crippen molar-refractivity contribution >= 4 is 21.7 Å². The molecule has 3 heterocycles. The van der Waals surface area contributed by atoms with E-state index in [0.29, 0.717) is 70.5 Å². The van der Waals surface area contributed by atoms with Crippen molar-refractivity contribution < 1.29 is 17.9 Å². The number of sulfonamides is 1. The Morgan fingerprint density at radius 2 is 1.93 bits per heavy atom. The molecule has 0 aliphatic carbocycles. The number of aromatic nitrogens is 1. The number of carbonyl (C=O) groups is 1. The largest absolute Gasteiger partial charge is 0.379 e. The minimum absolute atomic E-state index is 0.0265. The molecule has 2 aliphatic rings. The molecule has 2 aliphatic heterocycles. The van der Waals surface area contributed by atoms with Crippen LogP contribution in [0.3, 0.4) is 0 Å². The van der Waals surface area contributed by atoms with Gasteiger partial charge in [-0.3, -0.25) is 4.79 Å². The van der Waals surface area contributed by atoms with E-state index >= 15 is 0 Å². The van der Waals surface area contributed by atoms with E-state index in [0.717, 1.165) is 6.42 Å². The Bertz CT molecular complexity index is 785.